The van der Waals surface area contributed by atoms with E-state index in [1.165, 1.54) is 6.92 Å². The molecule has 0 heterocycles. The van der Waals surface area contributed by atoms with Crippen molar-refractivity contribution in [1.29, 1.82) is 0 Å². The van der Waals surface area contributed by atoms with Crippen LogP contribution in [0.25, 0.3) is 0 Å². The average Bonchev–Trinajstić information content (AvgIpc) is 2.81. The van der Waals surface area contributed by atoms with Gasteiger partial charge in [-0.05, 0) is 50.0 Å². The lowest BCUT2D eigenvalue weighted by atomic mass is 10.1. The van der Waals surface area contributed by atoms with Gasteiger partial charge in [-0.3, -0.25) is 0 Å². The molecule has 0 bridgehead atoms. The molecule has 0 spiro atoms. The lowest BCUT2D eigenvalue weighted by molar-refractivity contribution is 0.272. The number of primary sulfonamides is 1. The molecule has 0 aliphatic rings. The van der Waals surface area contributed by atoms with Crippen molar-refractivity contribution in [2.75, 3.05) is 26.7 Å². The first-order chi connectivity index (χ1) is 18.4. The topological polar surface area (TPSA) is 99.9 Å². The van der Waals surface area contributed by atoms with Crippen LogP contribution in [0.5, 0.6) is 17.2 Å². The zero-order chi connectivity index (χ0) is 31.9. The first kappa shape index (κ1) is 9.96. The van der Waals surface area contributed by atoms with Crippen LogP contribution in [0.3, 0.4) is 0 Å². The molecule has 0 aliphatic carbocycles. The van der Waals surface area contributed by atoms with Gasteiger partial charge in [-0.25, -0.2) is 13.6 Å². The van der Waals surface area contributed by atoms with Gasteiger partial charge in [0.2, 0.25) is 10.0 Å². The predicted octanol–water partition coefficient (Wildman–Crippen LogP) is 2.34. The summed E-state index contributed by atoms with van der Waals surface area (Å²) in [4.78, 5) is -0.856. The van der Waals surface area contributed by atoms with E-state index >= 15 is 0 Å². The molecule has 0 saturated heterocycles. The van der Waals surface area contributed by atoms with Crippen molar-refractivity contribution in [3.8, 4) is 17.2 Å². The van der Waals surface area contributed by atoms with Crippen LogP contribution >= 0.6 is 0 Å². The molecule has 0 unspecified atom stereocenters. The maximum Gasteiger partial charge on any atom is 0.241 e. The zero-order valence-corrected chi connectivity index (χ0v) is 15.9. The van der Waals surface area contributed by atoms with Crippen molar-refractivity contribution in [1.82, 2.24) is 5.32 Å². The van der Waals surface area contributed by atoms with Crippen molar-refractivity contribution in [3.63, 3.8) is 0 Å². The molecule has 0 amide bonds. The third-order valence-corrected chi connectivity index (χ3v) is 4.08. The number of nitrogens with two attached hydrogens (primary N) is 1. The third kappa shape index (κ3) is 6.40. The second kappa shape index (κ2) is 10.3. The number of benzene rings is 2. The lowest BCUT2D eigenvalue weighted by Crippen LogP contribution is -2.32. The summed E-state index contributed by atoms with van der Waals surface area (Å²) in [5.74, 6) is -2.05. The first-order valence-corrected chi connectivity index (χ1v) is 9.48. The minimum atomic E-state index is -4.62. The normalized spacial score (nSPS) is 21.2. The van der Waals surface area contributed by atoms with E-state index in [2.05, 4.69) is 10.1 Å². The summed E-state index contributed by atoms with van der Waals surface area (Å²) >= 11 is 0. The Morgan fingerprint density at radius 2 is 1.96 bits per heavy atom. The molecule has 154 valence electrons. The molecule has 2 rings (SSSR count). The Balaban J connectivity index is 2.47. The van der Waals surface area contributed by atoms with Gasteiger partial charge in [0.25, 0.3) is 0 Å². The fraction of sp³-hybridized carbons (Fsp3) is 0.400. The summed E-state index contributed by atoms with van der Waals surface area (Å²) in [5.41, 5.74) is -0.410. The number of ether oxygens (including phenoxy) is 3. The molecule has 0 saturated carbocycles. The van der Waals surface area contributed by atoms with E-state index in [-0.39, 0.29) is 6.61 Å². The summed E-state index contributed by atoms with van der Waals surface area (Å²) in [6.45, 7) is -4.14. The van der Waals surface area contributed by atoms with Crippen LogP contribution in [-0.2, 0) is 16.4 Å². The fourth-order valence-electron chi connectivity index (χ4n) is 2.01. The Hall–Kier alpha value is -2.29. The van der Waals surface area contributed by atoms with Crippen LogP contribution in [0.1, 0.15) is 37.2 Å². The molecule has 3 N–H and O–H groups in total. The maximum absolute atomic E-state index is 12.1. The van der Waals surface area contributed by atoms with Gasteiger partial charge in [-0.15, -0.1) is 0 Å². The Bertz CT molecular complexity index is 1400. The minimum absolute atomic E-state index is 0.0967. The highest BCUT2D eigenvalue weighted by molar-refractivity contribution is 7.89. The zero-order valence-electron chi connectivity index (χ0n) is 28.0. The van der Waals surface area contributed by atoms with Gasteiger partial charge >= 0.3 is 0 Å². The number of rotatable bonds is 11. The highest BCUT2D eigenvalue weighted by Gasteiger charge is 2.16. The second-order valence-electron chi connectivity index (χ2n) is 5.24. The van der Waals surface area contributed by atoms with Gasteiger partial charge in [0, 0.05) is 18.0 Å². The van der Waals surface area contributed by atoms with E-state index in [1.807, 2.05) is 0 Å². The summed E-state index contributed by atoms with van der Waals surface area (Å²) in [6, 6.07) is -2.08. The highest BCUT2D eigenvalue weighted by atomic mass is 32.2. The van der Waals surface area contributed by atoms with Gasteiger partial charge in [-0.2, -0.15) is 0 Å². The smallest absolute Gasteiger partial charge is 0.241 e. The number of methoxy groups -OCH3 is 1. The summed E-state index contributed by atoms with van der Waals surface area (Å²) in [5, 5.41) is 7.26. The molecular formula is C20H28N2O5S. The monoisotopic (exact) mass is 421 g/mol. The van der Waals surface area contributed by atoms with Crippen LogP contribution < -0.4 is 24.7 Å². The van der Waals surface area contributed by atoms with Crippen molar-refractivity contribution in [2.45, 2.75) is 31.2 Å². The summed E-state index contributed by atoms with van der Waals surface area (Å²) < 4.78 is 142. The molecule has 8 heteroatoms. The quantitative estimate of drug-likeness (QED) is 0.578. The maximum atomic E-state index is 12.1. The molecule has 2 aromatic rings. The Kier molecular flexibility index (Phi) is 3.66. The minimum Gasteiger partial charge on any atom is -0.495 e. The number of hydrogen-bond acceptors (Lipinski definition) is 6. The van der Waals surface area contributed by atoms with Crippen LogP contribution in [0, 0.1) is 0 Å². The molecule has 7 nitrogen and oxygen atoms in total. The standard InChI is InChI=1S/C20H28N2O5S/c1-4-26-17-7-5-6-8-18(17)27-12-11-22-15(2)13-16-9-10-19(25-3)20(14-16)28(21,23)24/h5-10,14-15,22H,4,11-13H2,1-3H3,(H2,21,23,24)/t15-/m1/s1/i3D3,5D,6D,7D,8D,11D2,12D2,13D2. The van der Waals surface area contributed by atoms with Gasteiger partial charge in [0.05, 0.1) is 26.0 Å². The molecule has 1 atom stereocenters. The number of para-hydroxylation sites is 2. The van der Waals surface area contributed by atoms with Crippen LogP contribution in [0.4, 0.5) is 0 Å². The van der Waals surface area contributed by atoms with Crippen molar-refractivity contribution >= 4 is 10.0 Å². The van der Waals surface area contributed by atoms with Crippen LogP contribution in [0.15, 0.2) is 47.3 Å². The molecule has 2 aromatic carbocycles. The fourth-order valence-corrected chi connectivity index (χ4v) is 2.69. The molecule has 28 heavy (non-hydrogen) atoms. The Morgan fingerprint density at radius 3 is 2.61 bits per heavy atom. The van der Waals surface area contributed by atoms with Crippen LogP contribution in [0.2, 0.25) is 0 Å². The van der Waals surface area contributed by atoms with Crippen molar-refractivity contribution in [2.24, 2.45) is 5.14 Å². The third-order valence-electron chi connectivity index (χ3n) is 3.15. The average molecular weight is 422 g/mol. The van der Waals surface area contributed by atoms with E-state index in [0.717, 1.165) is 19.1 Å². The first-order valence-electron chi connectivity index (χ1n) is 14.4. The van der Waals surface area contributed by atoms with Gasteiger partial charge < -0.3 is 19.5 Å². The second-order valence-corrected chi connectivity index (χ2v) is 6.77. The number of hydrogen-bond donors (Lipinski definition) is 2. The van der Waals surface area contributed by atoms with E-state index in [9.17, 15) is 8.42 Å². The largest absolute Gasteiger partial charge is 0.495 e. The van der Waals surface area contributed by atoms with Gasteiger partial charge in [0.1, 0.15) is 17.2 Å². The van der Waals surface area contributed by atoms with Crippen molar-refractivity contribution in [3.05, 3.63) is 47.9 Å². The molecule has 0 aliphatic heterocycles. The number of nitrogens with one attached hydrogen (secondary N) is 1. The van der Waals surface area contributed by atoms with E-state index in [1.54, 1.807) is 0 Å². The summed E-state index contributed by atoms with van der Waals surface area (Å²) in [7, 11) is -7.68. The van der Waals surface area contributed by atoms with E-state index in [0.29, 0.717) is 6.07 Å². The van der Waals surface area contributed by atoms with E-state index < -0.39 is 94.4 Å². The molecular weight excluding hydrogens is 380 g/mol. The SMILES string of the molecule is [2H]c1c([2H])c([2H])c(OC([2H])([2H])C([2H])([2H])N[C@H](C)C([2H])([2H])c2ccc(OC([2H])([2H])[2H])c(S(N)(=O)=O)c2)c(OCC)c1[2H]. The lowest BCUT2D eigenvalue weighted by Gasteiger charge is -2.16. The number of sulfonamides is 1. The molecule has 0 radical (unpaired) electrons. The molecule has 0 aromatic heterocycles. The van der Waals surface area contributed by atoms with Crippen molar-refractivity contribution < 1.29 is 40.4 Å². The van der Waals surface area contributed by atoms with Gasteiger partial charge in [0.15, 0.2) is 11.5 Å². The predicted molar refractivity (Wildman–Crippen MR) is 109 cm³/mol. The Morgan fingerprint density at radius 1 is 1.25 bits per heavy atom. The highest BCUT2D eigenvalue weighted by Crippen LogP contribution is 2.26. The van der Waals surface area contributed by atoms with E-state index in [4.69, 9.17) is 32.4 Å². The Labute approximate surface area is 185 Å². The van der Waals surface area contributed by atoms with Gasteiger partial charge in [-0.1, -0.05) is 18.2 Å². The summed E-state index contributed by atoms with van der Waals surface area (Å²) in [6.07, 6.45) is -2.64. The molecule has 0 fully saturated rings. The van der Waals surface area contributed by atoms with Crippen LogP contribution in [-0.4, -0.2) is 41.2 Å².